The molecule has 0 spiro atoms. The fourth-order valence-electron chi connectivity index (χ4n) is 0.869. The first-order chi connectivity index (χ1) is 7.43. The van der Waals surface area contributed by atoms with Gasteiger partial charge in [-0.25, -0.2) is 9.59 Å². The monoisotopic (exact) mass is 257 g/mol. The molecule has 0 aromatic heterocycles. The minimum Gasteiger partial charge on any atom is -0.385 e. The number of nitrogens with two attached hydrogens (primary N) is 1. The smallest absolute Gasteiger partial charge is 0.385 e. The number of hydrogen-bond donors (Lipinski definition) is 1. The Balaban J connectivity index is 4.20. The van der Waals surface area contributed by atoms with Crippen molar-refractivity contribution in [1.82, 2.24) is 0 Å². The van der Waals surface area contributed by atoms with Crippen LogP contribution < -0.4 is 5.73 Å². The Morgan fingerprint density at radius 2 is 1.76 bits per heavy atom. The van der Waals surface area contributed by atoms with Crippen molar-refractivity contribution < 1.29 is 32.0 Å². The Morgan fingerprint density at radius 1 is 1.29 bits per heavy atom. The molecule has 0 aliphatic rings. The Labute approximate surface area is 96.9 Å². The molecular weight excluding hydrogens is 241 g/mol. The Morgan fingerprint density at radius 3 is 2.12 bits per heavy atom. The summed E-state index contributed by atoms with van der Waals surface area (Å²) in [5.41, 5.74) is 5.31. The minimum absolute atomic E-state index is 0.132. The maximum absolute atomic E-state index is 11.8. The number of alkyl halides is 3. The van der Waals surface area contributed by atoms with E-state index in [0.717, 1.165) is 0 Å². The van der Waals surface area contributed by atoms with Crippen molar-refractivity contribution in [1.29, 1.82) is 0 Å². The van der Waals surface area contributed by atoms with Crippen LogP contribution in [0.4, 0.5) is 13.2 Å². The fourth-order valence-corrected chi connectivity index (χ4v) is 0.869. The molecule has 1 atom stereocenters. The van der Waals surface area contributed by atoms with Crippen molar-refractivity contribution in [3.8, 4) is 0 Å². The molecule has 2 N–H and O–H groups in total. The lowest BCUT2D eigenvalue weighted by Gasteiger charge is -2.24. The van der Waals surface area contributed by atoms with E-state index in [1.165, 1.54) is 0 Å². The lowest BCUT2D eigenvalue weighted by molar-refractivity contribution is -0.870. The van der Waals surface area contributed by atoms with Gasteiger partial charge in [0.1, 0.15) is 6.04 Å². The van der Waals surface area contributed by atoms with Gasteiger partial charge >= 0.3 is 18.1 Å². The van der Waals surface area contributed by atoms with Crippen LogP contribution in [-0.4, -0.2) is 56.3 Å². The molecule has 100 valence electrons. The molecule has 0 aromatic carbocycles. The van der Waals surface area contributed by atoms with Crippen LogP contribution in [0.5, 0.6) is 0 Å². The molecule has 0 saturated heterocycles. The summed E-state index contributed by atoms with van der Waals surface area (Å²) in [6.07, 6.45) is -5.05. The number of carbonyl (C=O) groups is 2. The number of ether oxygens (including phenoxy) is 1. The highest BCUT2D eigenvalue weighted by molar-refractivity contribution is 5.90. The molecule has 17 heavy (non-hydrogen) atoms. The highest BCUT2D eigenvalue weighted by Gasteiger charge is 2.43. The van der Waals surface area contributed by atoms with Crippen LogP contribution in [0, 0.1) is 0 Å². The molecule has 0 rings (SSSR count). The normalized spacial score (nSPS) is 14.3. The van der Waals surface area contributed by atoms with Gasteiger partial charge in [0.25, 0.3) is 0 Å². The number of quaternary nitrogens is 1. The van der Waals surface area contributed by atoms with Crippen molar-refractivity contribution in [3.05, 3.63) is 0 Å². The number of esters is 2. The Hall–Kier alpha value is -1.15. The molecule has 0 aliphatic carbocycles. The van der Waals surface area contributed by atoms with E-state index < -0.39 is 24.2 Å². The average molecular weight is 257 g/mol. The van der Waals surface area contributed by atoms with Gasteiger partial charge in [0.15, 0.2) is 0 Å². The maximum atomic E-state index is 11.8. The lowest BCUT2D eigenvalue weighted by Crippen LogP contribution is -2.43. The molecule has 0 amide bonds. The zero-order valence-corrected chi connectivity index (χ0v) is 9.87. The number of hydrogen-bond acceptors (Lipinski definition) is 4. The van der Waals surface area contributed by atoms with E-state index in [4.69, 9.17) is 5.73 Å². The van der Waals surface area contributed by atoms with Crippen molar-refractivity contribution >= 4 is 11.9 Å². The summed E-state index contributed by atoms with van der Waals surface area (Å²) in [7, 11) is 5.50. The summed E-state index contributed by atoms with van der Waals surface area (Å²) < 4.78 is 39.4. The fraction of sp³-hybridized carbons (Fsp3) is 0.778. The molecule has 5 nitrogen and oxygen atoms in total. The van der Waals surface area contributed by atoms with Crippen molar-refractivity contribution in [3.63, 3.8) is 0 Å². The van der Waals surface area contributed by atoms with Gasteiger partial charge in [0.2, 0.25) is 0 Å². The van der Waals surface area contributed by atoms with Crippen LogP contribution in [0.3, 0.4) is 0 Å². The summed E-state index contributed by atoms with van der Waals surface area (Å²) >= 11 is 0. The second kappa shape index (κ2) is 5.46. The molecule has 8 heteroatoms. The zero-order chi connectivity index (χ0) is 13.9. The standard InChI is InChI=1S/C9H16F3N2O3/c1-14(2,3)5-4-6(13)7(15)17-8(16)9(10,11)12/h6H,4-5,13H2,1-3H3/q+1/t6-/m1/s1. The summed E-state index contributed by atoms with van der Waals surface area (Å²) in [5.74, 6) is -3.90. The molecule has 0 fully saturated rings. The Bertz CT molecular complexity index is 297. The summed E-state index contributed by atoms with van der Waals surface area (Å²) in [6, 6.07) is -1.24. The van der Waals surface area contributed by atoms with Gasteiger partial charge in [-0.3, -0.25) is 0 Å². The molecule has 0 saturated carbocycles. The third-order valence-corrected chi connectivity index (χ3v) is 1.84. The molecule has 0 heterocycles. The quantitative estimate of drug-likeness (QED) is 0.438. The van der Waals surface area contributed by atoms with Crippen LogP contribution >= 0.6 is 0 Å². The summed E-state index contributed by atoms with van der Waals surface area (Å²) in [4.78, 5) is 21.4. The predicted molar refractivity (Wildman–Crippen MR) is 52.6 cm³/mol. The number of nitrogens with zero attached hydrogens (tertiary/aromatic N) is 1. The van der Waals surface area contributed by atoms with Gasteiger partial charge in [-0.15, -0.1) is 0 Å². The molecule has 0 unspecified atom stereocenters. The van der Waals surface area contributed by atoms with Crippen LogP contribution in [-0.2, 0) is 14.3 Å². The average Bonchev–Trinajstić information content (AvgIpc) is 2.11. The van der Waals surface area contributed by atoms with E-state index in [9.17, 15) is 22.8 Å². The largest absolute Gasteiger partial charge is 0.491 e. The van der Waals surface area contributed by atoms with Gasteiger partial charge in [-0.05, 0) is 0 Å². The lowest BCUT2D eigenvalue weighted by atomic mass is 10.2. The first kappa shape index (κ1) is 15.9. The molecule has 0 bridgehead atoms. The van der Waals surface area contributed by atoms with Crippen LogP contribution in [0.25, 0.3) is 0 Å². The molecule has 0 radical (unpaired) electrons. The van der Waals surface area contributed by atoms with E-state index in [-0.39, 0.29) is 6.42 Å². The highest BCUT2D eigenvalue weighted by Crippen LogP contribution is 2.16. The number of carbonyl (C=O) groups excluding carboxylic acids is 2. The molecular formula is C9H16F3N2O3+. The van der Waals surface area contributed by atoms with E-state index in [2.05, 4.69) is 4.74 Å². The first-order valence-corrected chi connectivity index (χ1v) is 4.82. The second-order valence-corrected chi connectivity index (χ2v) is 4.62. The van der Waals surface area contributed by atoms with Crippen molar-refractivity contribution in [2.45, 2.75) is 18.6 Å². The third-order valence-electron chi connectivity index (χ3n) is 1.84. The van der Waals surface area contributed by atoms with Crippen molar-refractivity contribution in [2.24, 2.45) is 5.73 Å². The van der Waals surface area contributed by atoms with Gasteiger partial charge in [0.05, 0.1) is 27.7 Å². The topological polar surface area (TPSA) is 69.4 Å². The van der Waals surface area contributed by atoms with E-state index in [1.807, 2.05) is 21.1 Å². The third kappa shape index (κ3) is 6.90. The van der Waals surface area contributed by atoms with E-state index in [1.54, 1.807) is 0 Å². The predicted octanol–water partition coefficient (Wildman–Crippen LogP) is 0.0421. The SMILES string of the molecule is C[N+](C)(C)CC[C@@H](N)C(=O)OC(=O)C(F)(F)F. The van der Waals surface area contributed by atoms with Crippen LogP contribution in [0.15, 0.2) is 0 Å². The summed E-state index contributed by atoms with van der Waals surface area (Å²) in [5, 5.41) is 0. The zero-order valence-electron chi connectivity index (χ0n) is 9.87. The van der Waals surface area contributed by atoms with E-state index in [0.29, 0.717) is 11.0 Å². The van der Waals surface area contributed by atoms with Crippen LogP contribution in [0.2, 0.25) is 0 Å². The van der Waals surface area contributed by atoms with Crippen molar-refractivity contribution in [2.75, 3.05) is 27.7 Å². The van der Waals surface area contributed by atoms with Gasteiger partial charge in [0, 0.05) is 6.42 Å². The van der Waals surface area contributed by atoms with Gasteiger partial charge in [-0.2, -0.15) is 13.2 Å². The minimum atomic E-state index is -5.19. The molecule has 0 aromatic rings. The number of halogens is 3. The van der Waals surface area contributed by atoms with Gasteiger partial charge in [-0.1, -0.05) is 0 Å². The van der Waals surface area contributed by atoms with E-state index >= 15 is 0 Å². The maximum Gasteiger partial charge on any atom is 0.491 e. The second-order valence-electron chi connectivity index (χ2n) is 4.62. The van der Waals surface area contributed by atoms with Crippen LogP contribution in [0.1, 0.15) is 6.42 Å². The summed E-state index contributed by atoms with van der Waals surface area (Å²) in [6.45, 7) is 0.469. The molecule has 0 aliphatic heterocycles. The Kier molecular flexibility index (Phi) is 5.09. The highest BCUT2D eigenvalue weighted by atomic mass is 19.4. The number of rotatable bonds is 4. The first-order valence-electron chi connectivity index (χ1n) is 4.82. The van der Waals surface area contributed by atoms with Gasteiger partial charge < -0.3 is 15.0 Å².